The topological polar surface area (TPSA) is 29.5 Å². The van der Waals surface area contributed by atoms with Gasteiger partial charge in [0.25, 0.3) is 0 Å². The van der Waals surface area contributed by atoms with E-state index >= 15 is 0 Å². The van der Waals surface area contributed by atoms with Crippen LogP contribution < -0.4 is 0 Å². The fraction of sp³-hybridized carbons (Fsp3) is 0.632. The standard InChI is InChI=1S/C19H27NO2/c1-2-18(21)20-11-9-19(10-12-20)15-17(8-13-22-19)14-16-6-4-3-5-7-16/h3-7,17H,2,8-15H2,1H3/t17-/m1/s1. The molecule has 22 heavy (non-hydrogen) atoms. The third-order valence-electron chi connectivity index (χ3n) is 5.29. The highest BCUT2D eigenvalue weighted by Crippen LogP contribution is 2.38. The Morgan fingerprint density at radius 1 is 1.27 bits per heavy atom. The number of amides is 1. The fourth-order valence-electron chi connectivity index (χ4n) is 3.99. The molecule has 1 spiro atoms. The van der Waals surface area contributed by atoms with Gasteiger partial charge in [-0.2, -0.15) is 0 Å². The minimum Gasteiger partial charge on any atom is -0.375 e. The second-order valence-corrected chi connectivity index (χ2v) is 6.81. The quantitative estimate of drug-likeness (QED) is 0.856. The number of carbonyl (C=O) groups is 1. The Labute approximate surface area is 133 Å². The van der Waals surface area contributed by atoms with Crippen LogP contribution in [0.15, 0.2) is 30.3 Å². The molecule has 0 saturated carbocycles. The molecule has 1 aromatic carbocycles. The Morgan fingerprint density at radius 3 is 2.68 bits per heavy atom. The summed E-state index contributed by atoms with van der Waals surface area (Å²) in [7, 11) is 0. The monoisotopic (exact) mass is 301 g/mol. The highest BCUT2D eigenvalue weighted by Gasteiger charge is 2.40. The maximum atomic E-state index is 11.8. The lowest BCUT2D eigenvalue weighted by Crippen LogP contribution is -2.50. The molecule has 1 atom stereocenters. The molecule has 3 nitrogen and oxygen atoms in total. The second kappa shape index (κ2) is 6.82. The highest BCUT2D eigenvalue weighted by atomic mass is 16.5. The van der Waals surface area contributed by atoms with E-state index in [4.69, 9.17) is 4.74 Å². The predicted molar refractivity (Wildman–Crippen MR) is 87.7 cm³/mol. The number of carbonyl (C=O) groups excluding carboxylic acids is 1. The van der Waals surface area contributed by atoms with Gasteiger partial charge in [0.15, 0.2) is 0 Å². The maximum Gasteiger partial charge on any atom is 0.222 e. The summed E-state index contributed by atoms with van der Waals surface area (Å²) in [4.78, 5) is 13.8. The molecule has 0 aromatic heterocycles. The first-order valence-corrected chi connectivity index (χ1v) is 8.66. The molecule has 2 fully saturated rings. The molecule has 0 radical (unpaired) electrons. The minimum absolute atomic E-state index is 0.0300. The van der Waals surface area contributed by atoms with Crippen LogP contribution in [0.3, 0.4) is 0 Å². The molecule has 2 heterocycles. The van der Waals surface area contributed by atoms with Crippen molar-refractivity contribution in [1.29, 1.82) is 0 Å². The summed E-state index contributed by atoms with van der Waals surface area (Å²) in [6.07, 6.45) is 6.09. The van der Waals surface area contributed by atoms with Crippen LogP contribution in [0.1, 0.15) is 44.6 Å². The van der Waals surface area contributed by atoms with Crippen LogP contribution in [0.2, 0.25) is 0 Å². The highest BCUT2D eigenvalue weighted by molar-refractivity contribution is 5.75. The SMILES string of the molecule is CCC(=O)N1CCC2(CC1)C[C@@H](Cc1ccccc1)CCO2. The first kappa shape index (κ1) is 15.5. The van der Waals surface area contributed by atoms with Crippen molar-refractivity contribution < 1.29 is 9.53 Å². The molecular weight excluding hydrogens is 274 g/mol. The van der Waals surface area contributed by atoms with Gasteiger partial charge in [-0.05, 0) is 43.6 Å². The lowest BCUT2D eigenvalue weighted by molar-refractivity contribution is -0.146. The van der Waals surface area contributed by atoms with Crippen molar-refractivity contribution in [2.75, 3.05) is 19.7 Å². The van der Waals surface area contributed by atoms with Crippen LogP contribution in [0, 0.1) is 5.92 Å². The average molecular weight is 301 g/mol. The number of benzene rings is 1. The summed E-state index contributed by atoms with van der Waals surface area (Å²) in [5.41, 5.74) is 1.46. The largest absolute Gasteiger partial charge is 0.375 e. The molecule has 1 aromatic rings. The Morgan fingerprint density at radius 2 is 2.00 bits per heavy atom. The zero-order valence-electron chi connectivity index (χ0n) is 13.6. The van der Waals surface area contributed by atoms with Crippen molar-refractivity contribution in [3.63, 3.8) is 0 Å². The number of ether oxygens (including phenoxy) is 1. The van der Waals surface area contributed by atoms with Crippen molar-refractivity contribution in [3.8, 4) is 0 Å². The second-order valence-electron chi connectivity index (χ2n) is 6.81. The van der Waals surface area contributed by atoms with Gasteiger partial charge >= 0.3 is 0 Å². The van der Waals surface area contributed by atoms with Crippen molar-refractivity contribution in [2.24, 2.45) is 5.92 Å². The van der Waals surface area contributed by atoms with Crippen molar-refractivity contribution in [3.05, 3.63) is 35.9 Å². The third kappa shape index (κ3) is 3.52. The minimum atomic E-state index is 0.0300. The van der Waals surface area contributed by atoms with Gasteiger partial charge in [0, 0.05) is 26.1 Å². The first-order chi connectivity index (χ1) is 10.7. The zero-order valence-corrected chi connectivity index (χ0v) is 13.6. The molecule has 2 aliphatic rings. The van der Waals surface area contributed by atoms with Gasteiger partial charge < -0.3 is 9.64 Å². The predicted octanol–water partition coefficient (Wildman–Crippen LogP) is 3.43. The molecule has 0 N–H and O–H groups in total. The Balaban J connectivity index is 1.58. The molecule has 120 valence electrons. The van der Waals surface area contributed by atoms with E-state index in [0.29, 0.717) is 12.3 Å². The summed E-state index contributed by atoms with van der Waals surface area (Å²) < 4.78 is 6.20. The van der Waals surface area contributed by atoms with Gasteiger partial charge in [-0.25, -0.2) is 0 Å². The first-order valence-electron chi connectivity index (χ1n) is 8.66. The number of piperidine rings is 1. The maximum absolute atomic E-state index is 11.8. The zero-order chi connectivity index (χ0) is 15.4. The summed E-state index contributed by atoms with van der Waals surface area (Å²) in [6, 6.07) is 10.8. The van der Waals surface area contributed by atoms with Gasteiger partial charge in [0.1, 0.15) is 0 Å². The van der Waals surface area contributed by atoms with Gasteiger partial charge in [0.05, 0.1) is 5.60 Å². The van der Waals surface area contributed by atoms with E-state index in [2.05, 4.69) is 30.3 Å². The van der Waals surface area contributed by atoms with E-state index in [1.54, 1.807) is 0 Å². The van der Waals surface area contributed by atoms with Crippen LogP contribution in [-0.2, 0) is 16.0 Å². The molecule has 0 unspecified atom stereocenters. The molecule has 2 saturated heterocycles. The number of hydrogen-bond acceptors (Lipinski definition) is 2. The van der Waals surface area contributed by atoms with Crippen LogP contribution >= 0.6 is 0 Å². The molecule has 0 aliphatic carbocycles. The molecule has 2 aliphatic heterocycles. The van der Waals surface area contributed by atoms with E-state index in [1.807, 2.05) is 11.8 Å². The van der Waals surface area contributed by atoms with Crippen LogP contribution in [0.4, 0.5) is 0 Å². The van der Waals surface area contributed by atoms with Gasteiger partial charge in [0.2, 0.25) is 5.91 Å². The van der Waals surface area contributed by atoms with Crippen LogP contribution in [0.5, 0.6) is 0 Å². The van der Waals surface area contributed by atoms with Crippen molar-refractivity contribution in [2.45, 2.75) is 51.0 Å². The number of likely N-dealkylation sites (tertiary alicyclic amines) is 1. The van der Waals surface area contributed by atoms with Crippen molar-refractivity contribution >= 4 is 5.91 Å². The lowest BCUT2D eigenvalue weighted by atomic mass is 9.77. The third-order valence-corrected chi connectivity index (χ3v) is 5.29. The van der Waals surface area contributed by atoms with E-state index < -0.39 is 0 Å². The smallest absolute Gasteiger partial charge is 0.222 e. The normalized spacial score (nSPS) is 24.4. The van der Waals surface area contributed by atoms with Crippen LogP contribution in [0.25, 0.3) is 0 Å². The number of rotatable bonds is 3. The fourth-order valence-corrected chi connectivity index (χ4v) is 3.99. The summed E-state index contributed by atoms with van der Waals surface area (Å²) in [5.74, 6) is 0.996. The molecular formula is C19H27NO2. The molecule has 3 rings (SSSR count). The Bertz CT molecular complexity index is 491. The summed E-state index contributed by atoms with van der Waals surface area (Å²) in [6.45, 7) is 4.55. The van der Waals surface area contributed by atoms with Gasteiger partial charge in [-0.15, -0.1) is 0 Å². The van der Waals surface area contributed by atoms with E-state index in [1.165, 1.54) is 5.56 Å². The summed E-state index contributed by atoms with van der Waals surface area (Å²) >= 11 is 0. The lowest BCUT2D eigenvalue weighted by Gasteiger charge is -2.46. The van der Waals surface area contributed by atoms with Crippen LogP contribution in [-0.4, -0.2) is 36.1 Å². The number of hydrogen-bond donors (Lipinski definition) is 0. The summed E-state index contributed by atoms with van der Waals surface area (Å²) in [5, 5.41) is 0. The Kier molecular flexibility index (Phi) is 4.82. The van der Waals surface area contributed by atoms with Gasteiger partial charge in [-0.1, -0.05) is 37.3 Å². The van der Waals surface area contributed by atoms with E-state index in [0.717, 1.165) is 51.8 Å². The van der Waals surface area contributed by atoms with E-state index in [-0.39, 0.29) is 11.5 Å². The Hall–Kier alpha value is -1.35. The molecule has 0 bridgehead atoms. The number of nitrogens with zero attached hydrogens (tertiary/aromatic N) is 1. The van der Waals surface area contributed by atoms with Crippen molar-refractivity contribution in [1.82, 2.24) is 4.90 Å². The molecule has 3 heteroatoms. The molecule has 1 amide bonds. The van der Waals surface area contributed by atoms with Gasteiger partial charge in [-0.3, -0.25) is 4.79 Å². The average Bonchev–Trinajstić information content (AvgIpc) is 2.56. The van der Waals surface area contributed by atoms with E-state index in [9.17, 15) is 4.79 Å².